The van der Waals surface area contributed by atoms with Gasteiger partial charge in [0.1, 0.15) is 0 Å². The van der Waals surface area contributed by atoms with Crippen molar-refractivity contribution in [3.8, 4) is 0 Å². The summed E-state index contributed by atoms with van der Waals surface area (Å²) in [6.07, 6.45) is 1.87. The second-order valence-electron chi connectivity index (χ2n) is 6.32. The van der Waals surface area contributed by atoms with Gasteiger partial charge in [0.2, 0.25) is 5.91 Å². The van der Waals surface area contributed by atoms with Crippen molar-refractivity contribution in [2.75, 3.05) is 20.6 Å². The van der Waals surface area contributed by atoms with Crippen LogP contribution in [-0.2, 0) is 17.6 Å². The minimum Gasteiger partial charge on any atom is -0.355 e. The van der Waals surface area contributed by atoms with E-state index in [0.29, 0.717) is 29.4 Å². The molecule has 3 nitrogen and oxygen atoms in total. The Morgan fingerprint density at radius 2 is 1.80 bits per heavy atom. The molecule has 0 radical (unpaired) electrons. The molecular weight excluding hydrogens is 355 g/mol. The van der Waals surface area contributed by atoms with Crippen LogP contribution in [-0.4, -0.2) is 37.5 Å². The molecule has 0 aromatic heterocycles. The van der Waals surface area contributed by atoms with Gasteiger partial charge in [-0.2, -0.15) is 0 Å². The lowest BCUT2D eigenvalue weighted by atomic mass is 10.0. The molecule has 0 aliphatic carbocycles. The summed E-state index contributed by atoms with van der Waals surface area (Å²) in [4.78, 5) is 14.3. The molecule has 0 saturated heterocycles. The molecule has 134 valence electrons. The second kappa shape index (κ2) is 9.81. The summed E-state index contributed by atoms with van der Waals surface area (Å²) in [5, 5.41) is 4.09. The quantitative estimate of drug-likeness (QED) is 0.745. The molecule has 0 aliphatic rings. The fourth-order valence-electron chi connectivity index (χ4n) is 2.63. The average Bonchev–Trinajstić information content (AvgIpc) is 2.60. The highest BCUT2D eigenvalue weighted by molar-refractivity contribution is 6.42. The van der Waals surface area contributed by atoms with Gasteiger partial charge in [-0.25, -0.2) is 0 Å². The number of rotatable bonds is 8. The molecule has 1 amide bonds. The Hall–Kier alpha value is -1.55. The van der Waals surface area contributed by atoms with E-state index in [1.807, 2.05) is 44.4 Å². The molecule has 2 aromatic rings. The molecule has 1 N–H and O–H groups in total. The number of nitrogens with zero attached hydrogens (tertiary/aromatic N) is 1. The van der Waals surface area contributed by atoms with E-state index >= 15 is 0 Å². The van der Waals surface area contributed by atoms with Crippen LogP contribution in [0, 0.1) is 0 Å². The predicted molar refractivity (Wildman–Crippen MR) is 105 cm³/mol. The van der Waals surface area contributed by atoms with Crippen LogP contribution >= 0.6 is 23.2 Å². The van der Waals surface area contributed by atoms with Crippen LogP contribution in [0.25, 0.3) is 0 Å². The number of carbonyl (C=O) groups excluding carboxylic acids is 1. The zero-order chi connectivity index (χ0) is 18.2. The summed E-state index contributed by atoms with van der Waals surface area (Å²) in [6.45, 7) is 0.615. The first-order valence-corrected chi connectivity index (χ1v) is 9.13. The maximum absolute atomic E-state index is 12.2. The fourth-order valence-corrected chi connectivity index (χ4v) is 3.05. The largest absolute Gasteiger partial charge is 0.355 e. The third-order valence-corrected chi connectivity index (χ3v) is 5.09. The summed E-state index contributed by atoms with van der Waals surface area (Å²) in [5.74, 6) is 0.0240. The van der Waals surface area contributed by atoms with Gasteiger partial charge in [0.15, 0.2) is 0 Å². The standard InChI is InChI=1S/C20H24Cl2N2O/c1-24(2)17(13-15-7-4-3-5-8-15)14-23-19(25)12-11-16-9-6-10-18(21)20(16)22/h3-10,17H,11-14H2,1-2H3,(H,23,25). The zero-order valence-corrected chi connectivity index (χ0v) is 16.1. The Labute approximate surface area is 159 Å². The highest BCUT2D eigenvalue weighted by Crippen LogP contribution is 2.26. The summed E-state index contributed by atoms with van der Waals surface area (Å²) >= 11 is 12.2. The molecule has 0 bridgehead atoms. The average molecular weight is 379 g/mol. The van der Waals surface area contributed by atoms with E-state index in [0.717, 1.165) is 12.0 Å². The van der Waals surface area contributed by atoms with E-state index in [-0.39, 0.29) is 11.9 Å². The van der Waals surface area contributed by atoms with Crippen LogP contribution in [0.5, 0.6) is 0 Å². The third-order valence-electron chi connectivity index (χ3n) is 4.23. The van der Waals surface area contributed by atoms with E-state index in [1.165, 1.54) is 5.56 Å². The van der Waals surface area contributed by atoms with E-state index in [2.05, 4.69) is 22.3 Å². The Morgan fingerprint density at radius 3 is 2.48 bits per heavy atom. The van der Waals surface area contributed by atoms with Crippen LogP contribution < -0.4 is 5.32 Å². The first-order valence-electron chi connectivity index (χ1n) is 8.37. The number of hydrogen-bond acceptors (Lipinski definition) is 2. The van der Waals surface area contributed by atoms with Crippen LogP contribution in [0.3, 0.4) is 0 Å². The minimum atomic E-state index is 0.0240. The van der Waals surface area contributed by atoms with Gasteiger partial charge in [-0.1, -0.05) is 65.7 Å². The van der Waals surface area contributed by atoms with Crippen LogP contribution in [0.15, 0.2) is 48.5 Å². The Bertz CT molecular complexity index is 689. The SMILES string of the molecule is CN(C)C(CNC(=O)CCc1cccc(Cl)c1Cl)Cc1ccccc1. The molecule has 25 heavy (non-hydrogen) atoms. The highest BCUT2D eigenvalue weighted by atomic mass is 35.5. The number of halogens is 2. The van der Waals surface area contributed by atoms with Crippen LogP contribution in [0.2, 0.25) is 10.0 Å². The van der Waals surface area contributed by atoms with Crippen molar-refractivity contribution >= 4 is 29.1 Å². The number of benzene rings is 2. The lowest BCUT2D eigenvalue weighted by Gasteiger charge is -2.24. The second-order valence-corrected chi connectivity index (χ2v) is 7.11. The molecule has 0 heterocycles. The van der Waals surface area contributed by atoms with Crippen molar-refractivity contribution in [3.05, 3.63) is 69.7 Å². The first-order chi connectivity index (χ1) is 12.0. The Balaban J connectivity index is 1.83. The van der Waals surface area contributed by atoms with Crippen molar-refractivity contribution in [2.24, 2.45) is 0 Å². The molecule has 0 spiro atoms. The van der Waals surface area contributed by atoms with Crippen molar-refractivity contribution in [1.29, 1.82) is 0 Å². The van der Waals surface area contributed by atoms with Gasteiger partial charge in [-0.3, -0.25) is 4.79 Å². The number of hydrogen-bond donors (Lipinski definition) is 1. The maximum Gasteiger partial charge on any atom is 0.220 e. The molecule has 2 rings (SSSR count). The molecule has 2 aromatic carbocycles. The number of carbonyl (C=O) groups is 1. The highest BCUT2D eigenvalue weighted by Gasteiger charge is 2.14. The number of amides is 1. The molecule has 5 heteroatoms. The number of likely N-dealkylation sites (N-methyl/N-ethyl adjacent to an activating group) is 1. The van der Waals surface area contributed by atoms with E-state index < -0.39 is 0 Å². The Morgan fingerprint density at radius 1 is 1.08 bits per heavy atom. The summed E-state index contributed by atoms with van der Waals surface area (Å²) < 4.78 is 0. The lowest BCUT2D eigenvalue weighted by molar-refractivity contribution is -0.121. The third kappa shape index (κ3) is 6.35. The molecule has 0 fully saturated rings. The Kier molecular flexibility index (Phi) is 7.76. The molecule has 0 aliphatic heterocycles. The van der Waals surface area contributed by atoms with Gasteiger partial charge in [0, 0.05) is 19.0 Å². The maximum atomic E-state index is 12.2. The van der Waals surface area contributed by atoms with Gasteiger partial charge >= 0.3 is 0 Å². The predicted octanol–water partition coefficient (Wildman–Crippen LogP) is 4.22. The monoisotopic (exact) mass is 378 g/mol. The van der Waals surface area contributed by atoms with Crippen molar-refractivity contribution < 1.29 is 4.79 Å². The van der Waals surface area contributed by atoms with Gasteiger partial charge < -0.3 is 10.2 Å². The van der Waals surface area contributed by atoms with Crippen molar-refractivity contribution in [3.63, 3.8) is 0 Å². The lowest BCUT2D eigenvalue weighted by Crippen LogP contribution is -2.41. The minimum absolute atomic E-state index is 0.0240. The molecule has 1 atom stereocenters. The smallest absolute Gasteiger partial charge is 0.220 e. The fraction of sp³-hybridized carbons (Fsp3) is 0.350. The van der Waals surface area contributed by atoms with Crippen LogP contribution in [0.4, 0.5) is 0 Å². The van der Waals surface area contributed by atoms with E-state index in [1.54, 1.807) is 6.07 Å². The molecular formula is C20H24Cl2N2O. The van der Waals surface area contributed by atoms with Crippen molar-refractivity contribution in [2.45, 2.75) is 25.3 Å². The summed E-state index contributed by atoms with van der Waals surface area (Å²) in [5.41, 5.74) is 2.17. The summed E-state index contributed by atoms with van der Waals surface area (Å²) in [6, 6.07) is 16.1. The van der Waals surface area contributed by atoms with Gasteiger partial charge in [0.05, 0.1) is 10.0 Å². The zero-order valence-electron chi connectivity index (χ0n) is 14.6. The van der Waals surface area contributed by atoms with Gasteiger partial charge in [-0.05, 0) is 44.1 Å². The first kappa shape index (κ1) is 19.8. The van der Waals surface area contributed by atoms with Gasteiger partial charge in [0.25, 0.3) is 0 Å². The topological polar surface area (TPSA) is 32.3 Å². The molecule has 1 unspecified atom stereocenters. The van der Waals surface area contributed by atoms with Gasteiger partial charge in [-0.15, -0.1) is 0 Å². The van der Waals surface area contributed by atoms with Crippen molar-refractivity contribution in [1.82, 2.24) is 10.2 Å². The molecule has 0 saturated carbocycles. The number of aryl methyl sites for hydroxylation is 1. The van der Waals surface area contributed by atoms with E-state index in [9.17, 15) is 4.79 Å². The number of nitrogens with one attached hydrogen (secondary N) is 1. The summed E-state index contributed by atoms with van der Waals surface area (Å²) in [7, 11) is 4.07. The van der Waals surface area contributed by atoms with Crippen LogP contribution in [0.1, 0.15) is 17.5 Å². The normalized spacial score (nSPS) is 12.2. The van der Waals surface area contributed by atoms with E-state index in [4.69, 9.17) is 23.2 Å².